The number of anilines is 1. The summed E-state index contributed by atoms with van der Waals surface area (Å²) in [5.41, 5.74) is 0.263. The third-order valence-corrected chi connectivity index (χ3v) is 3.03. The van der Waals surface area contributed by atoms with Gasteiger partial charge >= 0.3 is 6.09 Å². The lowest BCUT2D eigenvalue weighted by Crippen LogP contribution is -2.40. The lowest BCUT2D eigenvalue weighted by molar-refractivity contribution is -0.121. The van der Waals surface area contributed by atoms with Crippen LogP contribution < -0.4 is 15.0 Å². The monoisotopic (exact) mass is 306 g/mol. The summed E-state index contributed by atoms with van der Waals surface area (Å²) in [4.78, 5) is 25.2. The molecule has 1 N–H and O–H groups in total. The maximum atomic E-state index is 12.0. The molecule has 0 aliphatic carbocycles. The summed E-state index contributed by atoms with van der Waals surface area (Å²) in [6, 6.07) is 7.44. The van der Waals surface area contributed by atoms with Crippen molar-refractivity contribution >= 4 is 17.7 Å². The average molecular weight is 306 g/mol. The molecule has 0 atom stereocenters. The second kappa shape index (κ2) is 6.68. The Bertz CT molecular complexity index is 551. The van der Waals surface area contributed by atoms with Crippen molar-refractivity contribution in [1.29, 1.82) is 0 Å². The number of nitrogens with one attached hydrogen (secondary N) is 1. The predicted octanol–water partition coefficient (Wildman–Crippen LogP) is 2.33. The minimum absolute atomic E-state index is 0.0521. The number of carbonyl (C=O) groups excluding carboxylic acids is 2. The van der Waals surface area contributed by atoms with Crippen LogP contribution in [-0.4, -0.2) is 37.3 Å². The van der Waals surface area contributed by atoms with Crippen molar-refractivity contribution in [1.82, 2.24) is 5.32 Å². The van der Waals surface area contributed by atoms with Gasteiger partial charge in [-0.25, -0.2) is 4.79 Å². The normalized spacial score (nSPS) is 14.1. The molecule has 2 amide bonds. The van der Waals surface area contributed by atoms with E-state index in [1.54, 1.807) is 4.90 Å². The molecule has 0 radical (unpaired) electrons. The van der Waals surface area contributed by atoms with Crippen molar-refractivity contribution in [3.05, 3.63) is 24.3 Å². The fraction of sp³-hybridized carbons (Fsp3) is 0.500. The lowest BCUT2D eigenvalue weighted by atomic mass is 10.2. The van der Waals surface area contributed by atoms with Crippen LogP contribution in [0.5, 0.6) is 5.75 Å². The molecule has 1 aliphatic heterocycles. The first-order chi connectivity index (χ1) is 10.4. The molecule has 0 unspecified atom stereocenters. The van der Waals surface area contributed by atoms with E-state index < -0.39 is 11.7 Å². The Morgan fingerprint density at radius 3 is 2.82 bits per heavy atom. The van der Waals surface area contributed by atoms with Crippen molar-refractivity contribution in [2.75, 3.05) is 24.6 Å². The molecular weight excluding hydrogens is 284 g/mol. The number of ether oxygens (including phenoxy) is 2. The first-order valence-corrected chi connectivity index (χ1v) is 7.36. The van der Waals surface area contributed by atoms with E-state index in [-0.39, 0.29) is 12.5 Å². The molecule has 0 bridgehead atoms. The number of para-hydroxylation sites is 2. The van der Waals surface area contributed by atoms with Gasteiger partial charge in [0, 0.05) is 13.1 Å². The highest BCUT2D eigenvalue weighted by molar-refractivity contribution is 5.97. The van der Waals surface area contributed by atoms with Crippen LogP contribution >= 0.6 is 0 Å². The maximum Gasteiger partial charge on any atom is 0.407 e. The summed E-state index contributed by atoms with van der Waals surface area (Å²) >= 11 is 0. The van der Waals surface area contributed by atoms with Gasteiger partial charge in [0.15, 0.2) is 6.61 Å². The number of carbonyl (C=O) groups is 2. The first-order valence-electron chi connectivity index (χ1n) is 7.36. The van der Waals surface area contributed by atoms with Crippen LogP contribution in [0.4, 0.5) is 10.5 Å². The fourth-order valence-electron chi connectivity index (χ4n) is 2.14. The second-order valence-corrected chi connectivity index (χ2v) is 6.08. The highest BCUT2D eigenvalue weighted by atomic mass is 16.6. The van der Waals surface area contributed by atoms with Crippen LogP contribution in [0.3, 0.4) is 0 Å². The number of rotatable bonds is 4. The molecule has 120 valence electrons. The molecule has 0 saturated carbocycles. The number of amides is 2. The molecule has 2 rings (SSSR count). The van der Waals surface area contributed by atoms with E-state index in [0.29, 0.717) is 25.3 Å². The number of fused-ring (bicyclic) bond motifs is 1. The van der Waals surface area contributed by atoms with Gasteiger partial charge in [0.25, 0.3) is 5.91 Å². The van der Waals surface area contributed by atoms with E-state index in [0.717, 1.165) is 5.69 Å². The molecule has 0 spiro atoms. The SMILES string of the molecule is CC(C)(C)OC(=O)NCCCN1C(=O)COc2ccccc21. The van der Waals surface area contributed by atoms with Crippen molar-refractivity contribution in [2.24, 2.45) is 0 Å². The summed E-state index contributed by atoms with van der Waals surface area (Å²) in [5, 5.41) is 2.69. The summed E-state index contributed by atoms with van der Waals surface area (Å²) < 4.78 is 10.5. The van der Waals surface area contributed by atoms with E-state index in [9.17, 15) is 9.59 Å². The zero-order chi connectivity index (χ0) is 16.2. The van der Waals surface area contributed by atoms with Crippen LogP contribution in [0.2, 0.25) is 0 Å². The van der Waals surface area contributed by atoms with Gasteiger partial charge in [0.05, 0.1) is 5.69 Å². The van der Waals surface area contributed by atoms with E-state index >= 15 is 0 Å². The molecule has 1 aromatic carbocycles. The minimum Gasteiger partial charge on any atom is -0.482 e. The third kappa shape index (κ3) is 4.38. The van der Waals surface area contributed by atoms with Gasteiger partial charge in [-0.1, -0.05) is 12.1 Å². The first kappa shape index (κ1) is 16.1. The topological polar surface area (TPSA) is 67.9 Å². The Kier molecular flexibility index (Phi) is 4.90. The Morgan fingerprint density at radius 1 is 1.36 bits per heavy atom. The van der Waals surface area contributed by atoms with Crippen LogP contribution in [0, 0.1) is 0 Å². The number of hydrogen-bond acceptors (Lipinski definition) is 4. The van der Waals surface area contributed by atoms with Gasteiger partial charge in [0.2, 0.25) is 0 Å². The largest absolute Gasteiger partial charge is 0.482 e. The third-order valence-electron chi connectivity index (χ3n) is 3.03. The van der Waals surface area contributed by atoms with Crippen molar-refractivity contribution < 1.29 is 19.1 Å². The Morgan fingerprint density at radius 2 is 2.09 bits per heavy atom. The molecule has 0 fully saturated rings. The highest BCUT2D eigenvalue weighted by Crippen LogP contribution is 2.31. The summed E-state index contributed by atoms with van der Waals surface area (Å²) in [7, 11) is 0. The van der Waals surface area contributed by atoms with Gasteiger partial charge in [-0.05, 0) is 39.3 Å². The standard InChI is InChI=1S/C16H22N2O4/c1-16(2,3)22-15(20)17-9-6-10-18-12-7-4-5-8-13(12)21-11-14(18)19/h4-5,7-8H,6,9-11H2,1-3H3,(H,17,20). The van der Waals surface area contributed by atoms with Crippen LogP contribution in [-0.2, 0) is 9.53 Å². The lowest BCUT2D eigenvalue weighted by Gasteiger charge is -2.29. The summed E-state index contributed by atoms with van der Waals surface area (Å²) in [6.07, 6.45) is 0.195. The predicted molar refractivity (Wildman–Crippen MR) is 83.1 cm³/mol. The van der Waals surface area contributed by atoms with Gasteiger partial charge in [-0.2, -0.15) is 0 Å². The van der Waals surface area contributed by atoms with E-state index in [4.69, 9.17) is 9.47 Å². The molecule has 6 heteroatoms. The van der Waals surface area contributed by atoms with Crippen molar-refractivity contribution in [3.8, 4) is 5.75 Å². The van der Waals surface area contributed by atoms with Crippen LogP contribution in [0.15, 0.2) is 24.3 Å². The van der Waals surface area contributed by atoms with E-state index in [1.807, 2.05) is 45.0 Å². The van der Waals surface area contributed by atoms with E-state index in [2.05, 4.69) is 5.32 Å². The smallest absolute Gasteiger partial charge is 0.407 e. The number of nitrogens with zero attached hydrogens (tertiary/aromatic N) is 1. The number of alkyl carbamates (subject to hydrolysis) is 1. The Labute approximate surface area is 130 Å². The molecule has 6 nitrogen and oxygen atoms in total. The van der Waals surface area contributed by atoms with Crippen molar-refractivity contribution in [2.45, 2.75) is 32.8 Å². The summed E-state index contributed by atoms with van der Waals surface area (Å²) in [6.45, 7) is 6.47. The average Bonchev–Trinajstić information content (AvgIpc) is 2.43. The van der Waals surface area contributed by atoms with Crippen molar-refractivity contribution in [3.63, 3.8) is 0 Å². The van der Waals surface area contributed by atoms with Crippen LogP contribution in [0.1, 0.15) is 27.2 Å². The number of benzene rings is 1. The fourth-order valence-corrected chi connectivity index (χ4v) is 2.14. The zero-order valence-electron chi connectivity index (χ0n) is 13.2. The molecule has 1 aliphatic rings. The maximum absolute atomic E-state index is 12.0. The molecule has 1 aromatic rings. The quantitative estimate of drug-likeness (QED) is 0.867. The van der Waals surface area contributed by atoms with Crippen LogP contribution in [0.25, 0.3) is 0 Å². The molecular formula is C16H22N2O4. The summed E-state index contributed by atoms with van der Waals surface area (Å²) in [5.74, 6) is 0.637. The Balaban J connectivity index is 1.82. The Hall–Kier alpha value is -2.24. The molecule has 0 aromatic heterocycles. The van der Waals surface area contributed by atoms with Gasteiger partial charge in [-0.3, -0.25) is 4.79 Å². The molecule has 0 saturated heterocycles. The van der Waals surface area contributed by atoms with Gasteiger partial charge in [0.1, 0.15) is 11.4 Å². The molecule has 22 heavy (non-hydrogen) atoms. The van der Waals surface area contributed by atoms with Gasteiger partial charge < -0.3 is 19.7 Å². The zero-order valence-corrected chi connectivity index (χ0v) is 13.2. The van der Waals surface area contributed by atoms with Gasteiger partial charge in [-0.15, -0.1) is 0 Å². The minimum atomic E-state index is -0.511. The molecule has 1 heterocycles. The van der Waals surface area contributed by atoms with E-state index in [1.165, 1.54) is 0 Å². The highest BCUT2D eigenvalue weighted by Gasteiger charge is 2.24. The number of hydrogen-bond donors (Lipinski definition) is 1. The second-order valence-electron chi connectivity index (χ2n) is 6.08.